The Balaban J connectivity index is 1.80. The van der Waals surface area contributed by atoms with Crippen LogP contribution in [0.1, 0.15) is 28.6 Å². The van der Waals surface area contributed by atoms with Crippen LogP contribution >= 0.6 is 0 Å². The lowest BCUT2D eigenvalue weighted by Gasteiger charge is -2.08. The fourth-order valence-corrected chi connectivity index (χ4v) is 3.94. The zero-order valence-corrected chi connectivity index (χ0v) is 16.4. The fourth-order valence-electron chi connectivity index (χ4n) is 2.88. The summed E-state index contributed by atoms with van der Waals surface area (Å²) in [6.07, 6.45) is 0.353. The number of fused-ring (bicyclic) bond motifs is 1. The van der Waals surface area contributed by atoms with E-state index in [1.807, 2.05) is 0 Å². The quantitative estimate of drug-likeness (QED) is 0.587. The Bertz CT molecular complexity index is 1120. The Hall–Kier alpha value is -2.84. The number of ether oxygens (including phenoxy) is 1. The van der Waals surface area contributed by atoms with Crippen LogP contribution in [0, 0.1) is 6.92 Å². The van der Waals surface area contributed by atoms with E-state index >= 15 is 0 Å². The Labute approximate surface area is 163 Å². The maximum atomic E-state index is 12.6. The molecule has 0 bridgehead atoms. The zero-order valence-electron chi connectivity index (χ0n) is 15.6. The van der Waals surface area contributed by atoms with Crippen molar-refractivity contribution in [2.75, 3.05) is 13.2 Å². The van der Waals surface area contributed by atoms with Gasteiger partial charge in [0, 0.05) is 17.5 Å². The Kier molecular flexibility index (Phi) is 5.71. The van der Waals surface area contributed by atoms with Gasteiger partial charge in [-0.1, -0.05) is 18.2 Å². The molecule has 0 saturated carbocycles. The number of carbonyl (C=O) groups excluding carboxylic acids is 1. The molecule has 0 aliphatic carbocycles. The Morgan fingerprint density at radius 3 is 2.68 bits per heavy atom. The van der Waals surface area contributed by atoms with E-state index in [0.29, 0.717) is 28.5 Å². The van der Waals surface area contributed by atoms with Gasteiger partial charge in [-0.2, -0.15) is 0 Å². The third-order valence-corrected chi connectivity index (χ3v) is 5.82. The molecule has 148 valence electrons. The lowest BCUT2D eigenvalue weighted by Crippen LogP contribution is -2.26. The SMILES string of the molecule is CCOC(=O)c1oc2ccc(S(=O)(=O)NCCc3ccccc3O)cc2c1C. The molecule has 2 N–H and O–H groups in total. The summed E-state index contributed by atoms with van der Waals surface area (Å²) in [5.74, 6) is -0.385. The minimum absolute atomic E-state index is 0.0663. The van der Waals surface area contributed by atoms with Crippen LogP contribution in [0.5, 0.6) is 5.75 Å². The van der Waals surface area contributed by atoms with Gasteiger partial charge in [0.15, 0.2) is 0 Å². The van der Waals surface area contributed by atoms with E-state index < -0.39 is 16.0 Å². The molecule has 28 heavy (non-hydrogen) atoms. The lowest BCUT2D eigenvalue weighted by molar-refractivity contribution is 0.0491. The summed E-state index contributed by atoms with van der Waals surface area (Å²) in [5, 5.41) is 10.3. The van der Waals surface area contributed by atoms with Crippen LogP contribution in [0.4, 0.5) is 0 Å². The van der Waals surface area contributed by atoms with Crippen molar-refractivity contribution in [3.8, 4) is 5.75 Å². The number of phenolic OH excluding ortho intramolecular Hbond substituents is 1. The smallest absolute Gasteiger partial charge is 0.374 e. The minimum Gasteiger partial charge on any atom is -0.508 e. The van der Waals surface area contributed by atoms with Crippen LogP contribution in [0.15, 0.2) is 51.8 Å². The summed E-state index contributed by atoms with van der Waals surface area (Å²) >= 11 is 0. The van der Waals surface area contributed by atoms with Gasteiger partial charge in [0.2, 0.25) is 15.8 Å². The van der Waals surface area contributed by atoms with E-state index in [0.717, 1.165) is 0 Å². The highest BCUT2D eigenvalue weighted by molar-refractivity contribution is 7.89. The van der Waals surface area contributed by atoms with Crippen molar-refractivity contribution in [2.45, 2.75) is 25.2 Å². The molecule has 0 radical (unpaired) electrons. The van der Waals surface area contributed by atoms with Gasteiger partial charge in [-0.3, -0.25) is 0 Å². The molecule has 1 aromatic heterocycles. The Morgan fingerprint density at radius 1 is 1.21 bits per heavy atom. The number of aryl methyl sites for hydroxylation is 1. The number of benzene rings is 2. The first-order chi connectivity index (χ1) is 13.3. The van der Waals surface area contributed by atoms with Crippen LogP contribution in [0.25, 0.3) is 11.0 Å². The molecule has 0 aliphatic heterocycles. The van der Waals surface area contributed by atoms with Gasteiger partial charge >= 0.3 is 5.97 Å². The summed E-state index contributed by atoms with van der Waals surface area (Å²) < 4.78 is 38.2. The molecule has 8 heteroatoms. The molecular formula is C20H21NO6S. The van der Waals surface area contributed by atoms with Crippen molar-refractivity contribution >= 4 is 27.0 Å². The van der Waals surface area contributed by atoms with Gasteiger partial charge in [0.1, 0.15) is 11.3 Å². The first kappa shape index (κ1) is 19.9. The highest BCUT2D eigenvalue weighted by atomic mass is 32.2. The highest BCUT2D eigenvalue weighted by Crippen LogP contribution is 2.28. The van der Waals surface area contributed by atoms with E-state index in [1.54, 1.807) is 38.1 Å². The van der Waals surface area contributed by atoms with Crippen molar-refractivity contribution in [2.24, 2.45) is 0 Å². The van der Waals surface area contributed by atoms with Crippen molar-refractivity contribution < 1.29 is 27.5 Å². The molecule has 7 nitrogen and oxygen atoms in total. The number of para-hydroxylation sites is 1. The number of phenols is 1. The van der Waals surface area contributed by atoms with Crippen LogP contribution in [0.3, 0.4) is 0 Å². The first-order valence-electron chi connectivity index (χ1n) is 8.80. The molecular weight excluding hydrogens is 382 g/mol. The minimum atomic E-state index is -3.76. The second-order valence-corrected chi connectivity index (χ2v) is 7.98. The maximum Gasteiger partial charge on any atom is 0.374 e. The molecule has 0 aliphatic rings. The van der Waals surface area contributed by atoms with Gasteiger partial charge in [-0.05, 0) is 50.1 Å². The average Bonchev–Trinajstić information content (AvgIpc) is 3.00. The predicted octanol–water partition coefficient (Wildman–Crippen LogP) is 3.14. The van der Waals surface area contributed by atoms with Gasteiger partial charge < -0.3 is 14.3 Å². The standard InChI is InChI=1S/C20H21NO6S/c1-3-26-20(23)19-13(2)16-12-15(8-9-18(16)27-19)28(24,25)21-11-10-14-6-4-5-7-17(14)22/h4-9,12,21-22H,3,10-11H2,1-2H3. The van der Waals surface area contributed by atoms with E-state index in [1.165, 1.54) is 18.2 Å². The van der Waals surface area contributed by atoms with Crippen molar-refractivity contribution in [3.05, 3.63) is 59.4 Å². The highest BCUT2D eigenvalue weighted by Gasteiger charge is 2.21. The molecule has 0 fully saturated rings. The van der Waals surface area contributed by atoms with Crippen molar-refractivity contribution in [1.29, 1.82) is 0 Å². The molecule has 0 saturated heterocycles. The normalized spacial score (nSPS) is 11.6. The number of hydrogen-bond acceptors (Lipinski definition) is 6. The fraction of sp³-hybridized carbons (Fsp3) is 0.250. The number of sulfonamides is 1. The van der Waals surface area contributed by atoms with Gasteiger partial charge in [-0.15, -0.1) is 0 Å². The van der Waals surface area contributed by atoms with Crippen LogP contribution in [-0.4, -0.2) is 32.6 Å². The van der Waals surface area contributed by atoms with E-state index in [4.69, 9.17) is 9.15 Å². The van der Waals surface area contributed by atoms with Gasteiger partial charge in [0.25, 0.3) is 0 Å². The molecule has 0 unspecified atom stereocenters. The van der Waals surface area contributed by atoms with Crippen molar-refractivity contribution in [3.63, 3.8) is 0 Å². The van der Waals surface area contributed by atoms with Crippen LogP contribution < -0.4 is 4.72 Å². The third-order valence-electron chi connectivity index (χ3n) is 4.36. The Morgan fingerprint density at radius 2 is 1.96 bits per heavy atom. The van der Waals surface area contributed by atoms with E-state index in [9.17, 15) is 18.3 Å². The average molecular weight is 403 g/mol. The summed E-state index contributed by atoms with van der Waals surface area (Å²) in [6.45, 7) is 3.73. The number of aromatic hydroxyl groups is 1. The molecule has 3 aromatic rings. The molecule has 3 rings (SSSR count). The number of carbonyl (C=O) groups is 1. The van der Waals surface area contributed by atoms with E-state index in [-0.39, 0.29) is 29.6 Å². The third kappa shape index (κ3) is 4.02. The monoisotopic (exact) mass is 403 g/mol. The number of esters is 1. The summed E-state index contributed by atoms with van der Waals surface area (Å²) in [4.78, 5) is 12.0. The van der Waals surface area contributed by atoms with Gasteiger partial charge in [0.05, 0.1) is 11.5 Å². The van der Waals surface area contributed by atoms with Gasteiger partial charge in [-0.25, -0.2) is 17.9 Å². The molecule has 0 amide bonds. The summed E-state index contributed by atoms with van der Waals surface area (Å²) in [5.41, 5.74) is 1.60. The largest absolute Gasteiger partial charge is 0.508 e. The second kappa shape index (κ2) is 8.04. The summed E-state index contributed by atoms with van der Waals surface area (Å²) in [7, 11) is -3.76. The van der Waals surface area contributed by atoms with Crippen molar-refractivity contribution in [1.82, 2.24) is 4.72 Å². The number of furan rings is 1. The number of hydrogen-bond donors (Lipinski definition) is 2. The second-order valence-electron chi connectivity index (χ2n) is 6.21. The first-order valence-corrected chi connectivity index (χ1v) is 10.3. The molecule has 0 atom stereocenters. The number of nitrogens with one attached hydrogen (secondary N) is 1. The summed E-state index contributed by atoms with van der Waals surface area (Å²) in [6, 6.07) is 11.2. The molecule has 1 heterocycles. The molecule has 0 spiro atoms. The number of rotatable bonds is 7. The van der Waals surface area contributed by atoms with Crippen LogP contribution in [-0.2, 0) is 21.2 Å². The lowest BCUT2D eigenvalue weighted by atomic mass is 10.1. The van der Waals surface area contributed by atoms with E-state index in [2.05, 4.69) is 4.72 Å². The maximum absolute atomic E-state index is 12.6. The topological polar surface area (TPSA) is 106 Å². The van der Waals surface area contributed by atoms with Crippen LogP contribution in [0.2, 0.25) is 0 Å². The zero-order chi connectivity index (χ0) is 20.3. The molecule has 2 aromatic carbocycles. The predicted molar refractivity (Wildman–Crippen MR) is 104 cm³/mol.